The van der Waals surface area contributed by atoms with Gasteiger partial charge in [-0.2, -0.15) is 0 Å². The van der Waals surface area contributed by atoms with E-state index in [2.05, 4.69) is 14.9 Å². The number of anilines is 1. The molecular weight excluding hydrogens is 292 g/mol. The van der Waals surface area contributed by atoms with Gasteiger partial charge in [-0.3, -0.25) is 4.79 Å². The van der Waals surface area contributed by atoms with Crippen molar-refractivity contribution in [1.29, 1.82) is 0 Å². The van der Waals surface area contributed by atoms with Crippen LogP contribution < -0.4 is 4.90 Å². The highest BCUT2D eigenvalue weighted by Gasteiger charge is 2.26. The van der Waals surface area contributed by atoms with Gasteiger partial charge in [0, 0.05) is 38.6 Å². The third kappa shape index (κ3) is 3.15. The maximum absolute atomic E-state index is 12.3. The van der Waals surface area contributed by atoms with E-state index in [4.69, 9.17) is 0 Å². The van der Waals surface area contributed by atoms with Crippen molar-refractivity contribution in [3.8, 4) is 0 Å². The molecule has 0 aromatic carbocycles. The standard InChI is InChI=1S/C13H18N4O3S/c18-12(16-5-7-21(19,20)8-6-16)11-9-14-13(15-10-11)17-3-1-2-4-17/h9-10H,1-8H2. The zero-order valence-corrected chi connectivity index (χ0v) is 12.5. The van der Waals surface area contributed by atoms with Crippen LogP contribution in [0.4, 0.5) is 5.95 Å². The molecule has 3 heterocycles. The summed E-state index contributed by atoms with van der Waals surface area (Å²) < 4.78 is 22.8. The zero-order chi connectivity index (χ0) is 14.9. The average molecular weight is 310 g/mol. The van der Waals surface area contributed by atoms with Crippen LogP contribution in [0.15, 0.2) is 12.4 Å². The summed E-state index contributed by atoms with van der Waals surface area (Å²) in [6.07, 6.45) is 5.36. The molecule has 1 aromatic heterocycles. The highest BCUT2D eigenvalue weighted by Crippen LogP contribution is 2.16. The van der Waals surface area contributed by atoms with Gasteiger partial charge in [0.25, 0.3) is 5.91 Å². The predicted molar refractivity (Wildman–Crippen MR) is 78.0 cm³/mol. The first-order valence-corrected chi connectivity index (χ1v) is 8.94. The molecule has 0 aliphatic carbocycles. The van der Waals surface area contributed by atoms with Gasteiger partial charge >= 0.3 is 0 Å². The van der Waals surface area contributed by atoms with Crippen LogP contribution in [0.25, 0.3) is 0 Å². The van der Waals surface area contributed by atoms with Crippen molar-refractivity contribution in [1.82, 2.24) is 14.9 Å². The lowest BCUT2D eigenvalue weighted by Crippen LogP contribution is -2.43. The number of aromatic nitrogens is 2. The highest BCUT2D eigenvalue weighted by molar-refractivity contribution is 7.91. The molecule has 114 valence electrons. The summed E-state index contributed by atoms with van der Waals surface area (Å²) in [5.41, 5.74) is 0.414. The Bertz CT molecular complexity index is 609. The van der Waals surface area contributed by atoms with E-state index < -0.39 is 9.84 Å². The third-order valence-corrected chi connectivity index (χ3v) is 5.51. The van der Waals surface area contributed by atoms with E-state index in [-0.39, 0.29) is 30.5 Å². The van der Waals surface area contributed by atoms with E-state index in [0.717, 1.165) is 25.9 Å². The van der Waals surface area contributed by atoms with Gasteiger partial charge in [0.1, 0.15) is 0 Å². The Morgan fingerprint density at radius 3 is 2.14 bits per heavy atom. The Kier molecular flexibility index (Phi) is 3.79. The van der Waals surface area contributed by atoms with Crippen LogP contribution in [0.2, 0.25) is 0 Å². The van der Waals surface area contributed by atoms with Gasteiger partial charge in [-0.15, -0.1) is 0 Å². The Labute approximate surface area is 123 Å². The molecule has 1 aromatic rings. The lowest BCUT2D eigenvalue weighted by Gasteiger charge is -2.26. The molecule has 0 spiro atoms. The Balaban J connectivity index is 1.67. The second kappa shape index (κ2) is 5.59. The number of hydrogen-bond acceptors (Lipinski definition) is 6. The second-order valence-corrected chi connectivity index (χ2v) is 7.71. The van der Waals surface area contributed by atoms with E-state index in [1.165, 1.54) is 12.4 Å². The van der Waals surface area contributed by atoms with Crippen molar-refractivity contribution >= 4 is 21.7 Å². The van der Waals surface area contributed by atoms with Crippen LogP contribution in [0.1, 0.15) is 23.2 Å². The summed E-state index contributed by atoms with van der Waals surface area (Å²) in [4.78, 5) is 24.4. The van der Waals surface area contributed by atoms with Gasteiger partial charge < -0.3 is 9.80 Å². The van der Waals surface area contributed by atoms with Gasteiger partial charge in [0.15, 0.2) is 9.84 Å². The maximum Gasteiger partial charge on any atom is 0.257 e. The van der Waals surface area contributed by atoms with Crippen LogP contribution in [-0.4, -0.2) is 66.9 Å². The van der Waals surface area contributed by atoms with E-state index in [1.54, 1.807) is 4.90 Å². The quantitative estimate of drug-likeness (QED) is 0.761. The van der Waals surface area contributed by atoms with Crippen molar-refractivity contribution in [3.05, 3.63) is 18.0 Å². The van der Waals surface area contributed by atoms with Gasteiger partial charge in [-0.05, 0) is 12.8 Å². The minimum Gasteiger partial charge on any atom is -0.341 e. The molecule has 2 aliphatic heterocycles. The van der Waals surface area contributed by atoms with Gasteiger partial charge in [-0.25, -0.2) is 18.4 Å². The topological polar surface area (TPSA) is 83.5 Å². The summed E-state index contributed by atoms with van der Waals surface area (Å²) in [5, 5.41) is 0. The summed E-state index contributed by atoms with van der Waals surface area (Å²) in [6, 6.07) is 0. The van der Waals surface area contributed by atoms with E-state index in [9.17, 15) is 13.2 Å². The molecule has 0 bridgehead atoms. The fourth-order valence-electron chi connectivity index (χ4n) is 2.61. The minimum atomic E-state index is -2.98. The van der Waals surface area contributed by atoms with Crippen LogP contribution in [0.5, 0.6) is 0 Å². The van der Waals surface area contributed by atoms with Gasteiger partial charge in [0.2, 0.25) is 5.95 Å². The Morgan fingerprint density at radius 2 is 1.57 bits per heavy atom. The first-order chi connectivity index (χ1) is 10.1. The van der Waals surface area contributed by atoms with E-state index >= 15 is 0 Å². The molecule has 0 unspecified atom stereocenters. The Morgan fingerprint density at radius 1 is 1.00 bits per heavy atom. The van der Waals surface area contributed by atoms with Crippen molar-refractivity contribution in [3.63, 3.8) is 0 Å². The number of nitrogens with zero attached hydrogens (tertiary/aromatic N) is 4. The molecule has 0 saturated carbocycles. The molecule has 0 N–H and O–H groups in total. The van der Waals surface area contributed by atoms with Crippen LogP contribution in [-0.2, 0) is 9.84 Å². The third-order valence-electron chi connectivity index (χ3n) is 3.91. The normalized spacial score (nSPS) is 21.5. The molecule has 0 radical (unpaired) electrons. The van der Waals surface area contributed by atoms with Crippen molar-refractivity contribution in [2.75, 3.05) is 42.6 Å². The number of rotatable bonds is 2. The molecular formula is C13H18N4O3S. The fourth-order valence-corrected chi connectivity index (χ4v) is 3.81. The zero-order valence-electron chi connectivity index (χ0n) is 11.7. The number of carbonyl (C=O) groups excluding carboxylic acids is 1. The van der Waals surface area contributed by atoms with E-state index in [0.29, 0.717) is 11.5 Å². The molecule has 1 amide bonds. The summed E-state index contributed by atoms with van der Waals surface area (Å²) in [6.45, 7) is 2.40. The minimum absolute atomic E-state index is 0.0332. The lowest BCUT2D eigenvalue weighted by molar-refractivity contribution is 0.0769. The highest BCUT2D eigenvalue weighted by atomic mass is 32.2. The smallest absolute Gasteiger partial charge is 0.257 e. The molecule has 21 heavy (non-hydrogen) atoms. The van der Waals surface area contributed by atoms with Crippen LogP contribution in [0.3, 0.4) is 0 Å². The number of sulfone groups is 1. The first kappa shape index (κ1) is 14.2. The van der Waals surface area contributed by atoms with Crippen molar-refractivity contribution in [2.24, 2.45) is 0 Å². The van der Waals surface area contributed by atoms with Crippen molar-refractivity contribution < 1.29 is 13.2 Å². The van der Waals surface area contributed by atoms with Crippen LogP contribution >= 0.6 is 0 Å². The Hall–Kier alpha value is -1.70. The fraction of sp³-hybridized carbons (Fsp3) is 0.615. The molecule has 2 fully saturated rings. The molecule has 2 saturated heterocycles. The molecule has 0 atom stereocenters. The molecule has 8 heteroatoms. The average Bonchev–Trinajstić information content (AvgIpc) is 3.01. The number of carbonyl (C=O) groups is 1. The largest absolute Gasteiger partial charge is 0.341 e. The van der Waals surface area contributed by atoms with Crippen LogP contribution in [0, 0.1) is 0 Å². The number of hydrogen-bond donors (Lipinski definition) is 0. The van der Waals surface area contributed by atoms with E-state index in [1.807, 2.05) is 0 Å². The molecule has 7 nitrogen and oxygen atoms in total. The molecule has 3 rings (SSSR count). The van der Waals surface area contributed by atoms with Crippen molar-refractivity contribution in [2.45, 2.75) is 12.8 Å². The predicted octanol–water partition coefficient (Wildman–Crippen LogP) is -0.0526. The van der Waals surface area contributed by atoms with Gasteiger partial charge in [0.05, 0.1) is 17.1 Å². The summed E-state index contributed by atoms with van der Waals surface area (Å²) >= 11 is 0. The summed E-state index contributed by atoms with van der Waals surface area (Å²) in [7, 11) is -2.98. The second-order valence-electron chi connectivity index (χ2n) is 5.41. The maximum atomic E-state index is 12.3. The monoisotopic (exact) mass is 310 g/mol. The number of amides is 1. The lowest BCUT2D eigenvalue weighted by atomic mass is 10.3. The SMILES string of the molecule is O=C(c1cnc(N2CCCC2)nc1)N1CCS(=O)(=O)CC1. The van der Waals surface area contributed by atoms with Gasteiger partial charge in [-0.1, -0.05) is 0 Å². The molecule has 2 aliphatic rings. The summed E-state index contributed by atoms with van der Waals surface area (Å²) in [5.74, 6) is 0.528. The first-order valence-electron chi connectivity index (χ1n) is 7.12.